The Kier molecular flexibility index (Phi) is 4.56. The summed E-state index contributed by atoms with van der Waals surface area (Å²) in [5.41, 5.74) is 1.27. The number of thioether (sulfide) groups is 1. The third-order valence-electron chi connectivity index (χ3n) is 3.76. The molecule has 0 bridgehead atoms. The summed E-state index contributed by atoms with van der Waals surface area (Å²) in [6.45, 7) is 1.07. The fraction of sp³-hybridized carbons (Fsp3) is 0.400. The molecule has 1 atom stereocenters. The van der Waals surface area contributed by atoms with Gasteiger partial charge in [-0.1, -0.05) is 30.3 Å². The van der Waals surface area contributed by atoms with E-state index >= 15 is 0 Å². The van der Waals surface area contributed by atoms with Crippen molar-refractivity contribution >= 4 is 21.8 Å². The molecular weight excluding hydrogens is 318 g/mol. The summed E-state index contributed by atoms with van der Waals surface area (Å²) in [7, 11) is -1.71. The summed E-state index contributed by atoms with van der Waals surface area (Å²) in [6, 6.07) is 10.3. The molecule has 22 heavy (non-hydrogen) atoms. The van der Waals surface area contributed by atoms with Crippen molar-refractivity contribution in [3.8, 4) is 0 Å². The van der Waals surface area contributed by atoms with Crippen LogP contribution in [0.2, 0.25) is 0 Å². The molecule has 1 unspecified atom stereocenters. The van der Waals surface area contributed by atoms with Crippen LogP contribution < -0.4 is 0 Å². The van der Waals surface area contributed by atoms with Crippen molar-refractivity contribution in [1.82, 2.24) is 13.9 Å². The second-order valence-electron chi connectivity index (χ2n) is 5.34. The van der Waals surface area contributed by atoms with Gasteiger partial charge in [0.25, 0.3) is 10.0 Å². The number of rotatable bonds is 3. The van der Waals surface area contributed by atoms with Crippen LogP contribution in [0.4, 0.5) is 0 Å². The fourth-order valence-corrected chi connectivity index (χ4v) is 5.35. The van der Waals surface area contributed by atoms with Crippen LogP contribution >= 0.6 is 11.8 Å². The number of aryl methyl sites for hydroxylation is 1. The first-order valence-electron chi connectivity index (χ1n) is 7.22. The maximum Gasteiger partial charge on any atom is 0.262 e. The van der Waals surface area contributed by atoms with Crippen molar-refractivity contribution in [2.24, 2.45) is 7.05 Å². The summed E-state index contributed by atoms with van der Waals surface area (Å²) in [5.74, 6) is 0.797. The van der Waals surface area contributed by atoms with Crippen LogP contribution in [0.3, 0.4) is 0 Å². The maximum atomic E-state index is 12.6. The van der Waals surface area contributed by atoms with Gasteiger partial charge in [0.1, 0.15) is 0 Å². The van der Waals surface area contributed by atoms with Crippen LogP contribution in [-0.2, 0) is 17.1 Å². The fourth-order valence-electron chi connectivity index (χ4n) is 2.58. The number of benzene rings is 1. The van der Waals surface area contributed by atoms with Crippen LogP contribution in [0.25, 0.3) is 0 Å². The van der Waals surface area contributed by atoms with Gasteiger partial charge in [0.05, 0.1) is 6.33 Å². The van der Waals surface area contributed by atoms with Gasteiger partial charge >= 0.3 is 0 Å². The van der Waals surface area contributed by atoms with Crippen LogP contribution in [0.5, 0.6) is 0 Å². The van der Waals surface area contributed by atoms with E-state index in [4.69, 9.17) is 0 Å². The first-order valence-corrected chi connectivity index (χ1v) is 9.71. The molecule has 0 spiro atoms. The Morgan fingerprint density at radius 3 is 2.68 bits per heavy atom. The summed E-state index contributed by atoms with van der Waals surface area (Å²) < 4.78 is 28.5. The third-order valence-corrected chi connectivity index (χ3v) is 6.87. The lowest BCUT2D eigenvalue weighted by atomic mass is 10.1. The Morgan fingerprint density at radius 1 is 1.23 bits per heavy atom. The topological polar surface area (TPSA) is 55.2 Å². The second-order valence-corrected chi connectivity index (χ2v) is 8.54. The van der Waals surface area contributed by atoms with Crippen molar-refractivity contribution < 1.29 is 8.42 Å². The van der Waals surface area contributed by atoms with E-state index in [-0.39, 0.29) is 5.03 Å². The minimum Gasteiger partial charge on any atom is -0.339 e. The third kappa shape index (κ3) is 3.21. The van der Waals surface area contributed by atoms with Crippen LogP contribution in [-0.4, -0.2) is 41.1 Å². The minimum atomic E-state index is -3.48. The molecule has 5 nitrogen and oxygen atoms in total. The molecular formula is C15H19N3O2S2. The van der Waals surface area contributed by atoms with E-state index in [2.05, 4.69) is 17.1 Å². The summed E-state index contributed by atoms with van der Waals surface area (Å²) in [4.78, 5) is 4.00. The first-order chi connectivity index (χ1) is 10.6. The number of sulfonamides is 1. The van der Waals surface area contributed by atoms with Gasteiger partial charge in [-0.2, -0.15) is 16.1 Å². The first kappa shape index (κ1) is 15.6. The average molecular weight is 337 g/mol. The molecule has 118 valence electrons. The van der Waals surface area contributed by atoms with Gasteiger partial charge in [-0.05, 0) is 12.0 Å². The smallest absolute Gasteiger partial charge is 0.262 e. The minimum absolute atomic E-state index is 0.137. The van der Waals surface area contributed by atoms with Gasteiger partial charge in [-0.3, -0.25) is 0 Å². The van der Waals surface area contributed by atoms with E-state index < -0.39 is 10.0 Å². The van der Waals surface area contributed by atoms with Crippen LogP contribution in [0.15, 0.2) is 47.9 Å². The van der Waals surface area contributed by atoms with Gasteiger partial charge in [-0.25, -0.2) is 13.4 Å². The van der Waals surface area contributed by atoms with E-state index in [0.29, 0.717) is 18.3 Å². The normalized spacial score (nSPS) is 20.7. The lowest BCUT2D eigenvalue weighted by Crippen LogP contribution is -2.33. The van der Waals surface area contributed by atoms with Crippen molar-refractivity contribution in [3.05, 3.63) is 48.4 Å². The quantitative estimate of drug-likeness (QED) is 0.862. The van der Waals surface area contributed by atoms with Crippen molar-refractivity contribution in [2.75, 3.05) is 18.8 Å². The standard InChI is InChI=1S/C15H19N3O2S2/c1-17-11-15(16-12-17)22(19,20)18-8-7-14(21-10-9-18)13-5-3-2-4-6-13/h2-6,11-12,14H,7-10H2,1H3. The SMILES string of the molecule is Cn1cnc(S(=O)(=O)N2CCSC(c3ccccc3)CC2)c1. The van der Waals surface area contributed by atoms with Gasteiger partial charge in [0.15, 0.2) is 5.03 Å². The molecule has 2 heterocycles. The molecule has 1 saturated heterocycles. The second kappa shape index (κ2) is 6.44. The Bertz CT molecular complexity index is 728. The maximum absolute atomic E-state index is 12.6. The number of nitrogens with zero attached hydrogens (tertiary/aromatic N) is 3. The lowest BCUT2D eigenvalue weighted by molar-refractivity contribution is 0.426. The summed E-state index contributed by atoms with van der Waals surface area (Å²) >= 11 is 1.83. The largest absolute Gasteiger partial charge is 0.339 e. The van der Waals surface area contributed by atoms with E-state index in [1.165, 1.54) is 11.9 Å². The molecule has 0 amide bonds. The van der Waals surface area contributed by atoms with E-state index in [1.54, 1.807) is 22.1 Å². The number of imidazole rings is 1. The monoisotopic (exact) mass is 337 g/mol. The predicted molar refractivity (Wildman–Crippen MR) is 88.2 cm³/mol. The highest BCUT2D eigenvalue weighted by Gasteiger charge is 2.29. The van der Waals surface area contributed by atoms with Crippen molar-refractivity contribution in [1.29, 1.82) is 0 Å². The molecule has 1 aliphatic heterocycles. The molecule has 0 aliphatic carbocycles. The molecule has 1 aromatic heterocycles. The average Bonchev–Trinajstić information content (AvgIpc) is 2.82. The predicted octanol–water partition coefficient (Wildman–Crippen LogP) is 2.29. The molecule has 0 N–H and O–H groups in total. The molecule has 1 fully saturated rings. The molecule has 2 aromatic rings. The van der Waals surface area contributed by atoms with Gasteiger partial charge in [0.2, 0.25) is 0 Å². The zero-order chi connectivity index (χ0) is 15.6. The zero-order valence-electron chi connectivity index (χ0n) is 12.4. The van der Waals surface area contributed by atoms with Crippen LogP contribution in [0, 0.1) is 0 Å². The molecule has 1 aliphatic rings. The number of aromatic nitrogens is 2. The van der Waals surface area contributed by atoms with Gasteiger partial charge < -0.3 is 4.57 Å². The Labute approximate surface area is 135 Å². The molecule has 7 heteroatoms. The highest BCUT2D eigenvalue weighted by Crippen LogP contribution is 2.35. The Balaban J connectivity index is 1.75. The number of hydrogen-bond donors (Lipinski definition) is 0. The highest BCUT2D eigenvalue weighted by molar-refractivity contribution is 7.99. The molecule has 0 radical (unpaired) electrons. The van der Waals surface area contributed by atoms with E-state index in [1.807, 2.05) is 30.0 Å². The van der Waals surface area contributed by atoms with E-state index in [9.17, 15) is 8.42 Å². The summed E-state index contributed by atoms with van der Waals surface area (Å²) in [6.07, 6.45) is 3.90. The molecule has 0 saturated carbocycles. The Morgan fingerprint density at radius 2 is 2.00 bits per heavy atom. The Hall–Kier alpha value is -1.31. The highest BCUT2D eigenvalue weighted by atomic mass is 32.2. The molecule has 1 aromatic carbocycles. The van der Waals surface area contributed by atoms with Crippen molar-refractivity contribution in [3.63, 3.8) is 0 Å². The van der Waals surface area contributed by atoms with Gasteiger partial charge in [-0.15, -0.1) is 0 Å². The van der Waals surface area contributed by atoms with Crippen molar-refractivity contribution in [2.45, 2.75) is 16.7 Å². The lowest BCUT2D eigenvalue weighted by Gasteiger charge is -2.18. The molecule has 3 rings (SSSR count). The van der Waals surface area contributed by atoms with E-state index in [0.717, 1.165) is 12.2 Å². The number of hydrogen-bond acceptors (Lipinski definition) is 4. The van der Waals surface area contributed by atoms with Crippen LogP contribution in [0.1, 0.15) is 17.2 Å². The van der Waals surface area contributed by atoms with Gasteiger partial charge in [0, 0.05) is 37.3 Å². The zero-order valence-corrected chi connectivity index (χ0v) is 14.1. The summed E-state index contributed by atoms with van der Waals surface area (Å²) in [5, 5.41) is 0.489.